The van der Waals surface area contributed by atoms with Gasteiger partial charge in [-0.15, -0.1) is 0 Å². The highest BCUT2D eigenvalue weighted by atomic mass is 16.4. The van der Waals surface area contributed by atoms with Crippen molar-refractivity contribution in [2.45, 2.75) is 32.1 Å². The Balaban J connectivity index is 2.67. The zero-order valence-corrected chi connectivity index (χ0v) is 8.69. The summed E-state index contributed by atoms with van der Waals surface area (Å²) in [6.45, 7) is 2.44. The van der Waals surface area contributed by atoms with E-state index in [4.69, 9.17) is 5.11 Å². The maximum atomic E-state index is 11.8. The van der Waals surface area contributed by atoms with Crippen LogP contribution in [0, 0.1) is 5.92 Å². The van der Waals surface area contributed by atoms with Gasteiger partial charge in [0.15, 0.2) is 0 Å². The molecule has 1 amide bonds. The van der Waals surface area contributed by atoms with Crippen molar-refractivity contribution in [1.29, 1.82) is 0 Å². The number of aliphatic carboxylic acids is 1. The molecule has 2 atom stereocenters. The van der Waals surface area contributed by atoms with Gasteiger partial charge in [-0.25, -0.2) is 4.79 Å². The molecule has 0 saturated carbocycles. The van der Waals surface area contributed by atoms with Crippen LogP contribution in [0.25, 0.3) is 0 Å². The average Bonchev–Trinajstić information content (AvgIpc) is 2.63. The molecule has 14 heavy (non-hydrogen) atoms. The van der Waals surface area contributed by atoms with Crippen molar-refractivity contribution in [1.82, 2.24) is 4.90 Å². The third-order valence-corrected chi connectivity index (χ3v) is 2.85. The van der Waals surface area contributed by atoms with Gasteiger partial charge in [0.2, 0.25) is 5.91 Å². The van der Waals surface area contributed by atoms with E-state index in [0.717, 1.165) is 12.7 Å². The lowest BCUT2D eigenvalue weighted by Crippen LogP contribution is -2.42. The normalized spacial score (nSPS) is 23.5. The lowest BCUT2D eigenvalue weighted by molar-refractivity contribution is -0.149. The zero-order valence-electron chi connectivity index (χ0n) is 8.69. The molecular formula is C9H16BNO3. The van der Waals surface area contributed by atoms with E-state index in [0.29, 0.717) is 13.0 Å². The van der Waals surface area contributed by atoms with Gasteiger partial charge >= 0.3 is 5.97 Å². The lowest BCUT2D eigenvalue weighted by atomic mass is 9.91. The number of amides is 1. The van der Waals surface area contributed by atoms with Crippen molar-refractivity contribution >= 4 is 19.7 Å². The highest BCUT2D eigenvalue weighted by Gasteiger charge is 2.35. The molecule has 0 aromatic heterocycles. The van der Waals surface area contributed by atoms with E-state index in [1.807, 2.05) is 14.8 Å². The summed E-state index contributed by atoms with van der Waals surface area (Å²) in [7, 11) is 1.94. The van der Waals surface area contributed by atoms with E-state index >= 15 is 0 Å². The molecule has 0 bridgehead atoms. The number of nitrogens with zero attached hydrogens (tertiary/aromatic N) is 1. The Morgan fingerprint density at radius 2 is 2.29 bits per heavy atom. The molecule has 0 spiro atoms. The van der Waals surface area contributed by atoms with Crippen LogP contribution < -0.4 is 0 Å². The smallest absolute Gasteiger partial charge is 0.326 e. The zero-order chi connectivity index (χ0) is 10.7. The van der Waals surface area contributed by atoms with Gasteiger partial charge < -0.3 is 10.0 Å². The summed E-state index contributed by atoms with van der Waals surface area (Å²) in [4.78, 5) is 24.1. The first-order valence-electron chi connectivity index (χ1n) is 5.11. The van der Waals surface area contributed by atoms with E-state index in [1.165, 1.54) is 4.90 Å². The number of carboxylic acids is 1. The Morgan fingerprint density at radius 1 is 1.64 bits per heavy atom. The molecule has 0 aliphatic carbocycles. The van der Waals surface area contributed by atoms with Gasteiger partial charge in [0.05, 0.1) is 0 Å². The number of rotatable bonds is 3. The van der Waals surface area contributed by atoms with E-state index in [1.54, 1.807) is 0 Å². The number of carbonyl (C=O) groups excluding carboxylic acids is 1. The van der Waals surface area contributed by atoms with Crippen LogP contribution in [0.4, 0.5) is 0 Å². The van der Waals surface area contributed by atoms with Crippen molar-refractivity contribution in [2.24, 2.45) is 5.92 Å². The maximum absolute atomic E-state index is 11.8. The predicted octanol–water partition coefficient (Wildman–Crippen LogP) is -0.251. The van der Waals surface area contributed by atoms with Crippen LogP contribution in [-0.4, -0.2) is 42.3 Å². The fraction of sp³-hybridized carbons (Fsp3) is 0.778. The summed E-state index contributed by atoms with van der Waals surface area (Å²) in [5.74, 6) is -0.952. The second-order valence-corrected chi connectivity index (χ2v) is 3.84. The Hall–Kier alpha value is -0.995. The van der Waals surface area contributed by atoms with Gasteiger partial charge in [-0.1, -0.05) is 13.2 Å². The number of carboxylic acid groups (broad SMARTS) is 1. The molecular weight excluding hydrogens is 181 g/mol. The van der Waals surface area contributed by atoms with Crippen molar-refractivity contribution < 1.29 is 14.7 Å². The molecule has 1 saturated heterocycles. The van der Waals surface area contributed by atoms with Crippen LogP contribution in [0.3, 0.4) is 0 Å². The number of hydrogen-bond acceptors (Lipinski definition) is 2. The molecule has 1 fully saturated rings. The molecule has 1 aliphatic heterocycles. The highest BCUT2D eigenvalue weighted by molar-refractivity contribution is 6.10. The van der Waals surface area contributed by atoms with Crippen molar-refractivity contribution in [3.63, 3.8) is 0 Å². The number of likely N-dealkylation sites (tertiary alicyclic amines) is 1. The van der Waals surface area contributed by atoms with Crippen LogP contribution in [0.5, 0.6) is 0 Å². The second-order valence-electron chi connectivity index (χ2n) is 3.84. The molecule has 5 heteroatoms. The number of hydrogen-bond donors (Lipinski definition) is 1. The van der Waals surface area contributed by atoms with E-state index < -0.39 is 12.0 Å². The van der Waals surface area contributed by atoms with Gasteiger partial charge in [-0.05, 0) is 12.8 Å². The number of carbonyl (C=O) groups is 2. The highest BCUT2D eigenvalue weighted by Crippen LogP contribution is 2.20. The van der Waals surface area contributed by atoms with Gasteiger partial charge in [0, 0.05) is 12.5 Å². The Labute approximate surface area is 84.7 Å². The van der Waals surface area contributed by atoms with E-state index in [-0.39, 0.29) is 11.8 Å². The summed E-state index contributed by atoms with van der Waals surface area (Å²) in [6, 6.07) is -0.587. The average molecular weight is 197 g/mol. The minimum absolute atomic E-state index is 0.0163. The lowest BCUT2D eigenvalue weighted by Gasteiger charge is -2.24. The van der Waals surface area contributed by atoms with Gasteiger partial charge in [-0.2, -0.15) is 0 Å². The Kier molecular flexibility index (Phi) is 3.55. The Morgan fingerprint density at radius 3 is 2.79 bits per heavy atom. The molecule has 78 valence electrons. The van der Waals surface area contributed by atoms with Crippen molar-refractivity contribution in [3.05, 3.63) is 0 Å². The molecule has 1 rings (SSSR count). The Bertz CT molecular complexity index is 244. The topological polar surface area (TPSA) is 57.6 Å². The van der Waals surface area contributed by atoms with Crippen LogP contribution in [0.15, 0.2) is 0 Å². The summed E-state index contributed by atoms with van der Waals surface area (Å²) in [6.07, 6.45) is 2.17. The molecule has 1 aliphatic rings. The van der Waals surface area contributed by atoms with Gasteiger partial charge in [0.1, 0.15) is 13.9 Å². The van der Waals surface area contributed by atoms with Crippen LogP contribution in [0.2, 0.25) is 6.32 Å². The van der Waals surface area contributed by atoms with Crippen molar-refractivity contribution in [3.8, 4) is 0 Å². The van der Waals surface area contributed by atoms with E-state index in [2.05, 4.69) is 0 Å². The monoisotopic (exact) mass is 197 g/mol. The summed E-state index contributed by atoms with van der Waals surface area (Å²) < 4.78 is 0. The molecule has 0 unspecified atom stereocenters. The maximum Gasteiger partial charge on any atom is 0.326 e. The predicted molar refractivity (Wildman–Crippen MR) is 54.9 cm³/mol. The van der Waals surface area contributed by atoms with E-state index in [9.17, 15) is 9.59 Å². The molecule has 1 heterocycles. The van der Waals surface area contributed by atoms with Crippen LogP contribution >= 0.6 is 0 Å². The summed E-state index contributed by atoms with van der Waals surface area (Å²) in [5, 5.41) is 8.89. The minimum Gasteiger partial charge on any atom is -0.480 e. The third-order valence-electron chi connectivity index (χ3n) is 2.85. The summed E-state index contributed by atoms with van der Waals surface area (Å²) in [5.41, 5.74) is 0. The molecule has 0 aromatic rings. The largest absolute Gasteiger partial charge is 0.480 e. The molecule has 0 aromatic carbocycles. The first kappa shape index (κ1) is 11.1. The fourth-order valence-electron chi connectivity index (χ4n) is 1.74. The third kappa shape index (κ3) is 2.08. The second kappa shape index (κ2) is 4.48. The standard InChI is InChI=1S/C9H16BNO3/c1-6(5-10)8(12)11-4-2-3-7(11)9(13)14/h6-7H,2-5,10H2,1H3,(H,13,14)/t6-,7-/m1/s1. The molecule has 4 nitrogen and oxygen atoms in total. The SMILES string of the molecule is BC[C@@H](C)C(=O)N1CCC[C@@H]1C(=O)O. The van der Waals surface area contributed by atoms with Gasteiger partial charge in [0.25, 0.3) is 0 Å². The summed E-state index contributed by atoms with van der Waals surface area (Å²) >= 11 is 0. The molecule has 1 N–H and O–H groups in total. The first-order valence-corrected chi connectivity index (χ1v) is 5.11. The fourth-order valence-corrected chi connectivity index (χ4v) is 1.74. The van der Waals surface area contributed by atoms with Gasteiger partial charge in [-0.3, -0.25) is 4.79 Å². The quantitative estimate of drug-likeness (QED) is 0.634. The minimum atomic E-state index is -0.876. The first-order chi connectivity index (χ1) is 6.57. The van der Waals surface area contributed by atoms with Crippen LogP contribution in [-0.2, 0) is 9.59 Å². The van der Waals surface area contributed by atoms with Crippen LogP contribution in [0.1, 0.15) is 19.8 Å². The molecule has 0 radical (unpaired) electrons. The van der Waals surface area contributed by atoms with Crippen molar-refractivity contribution in [2.75, 3.05) is 6.54 Å².